The van der Waals surface area contributed by atoms with Crippen molar-refractivity contribution in [1.29, 1.82) is 0 Å². The van der Waals surface area contributed by atoms with E-state index in [1.54, 1.807) is 19.9 Å². The van der Waals surface area contributed by atoms with Crippen molar-refractivity contribution in [3.63, 3.8) is 0 Å². The zero-order valence-electron chi connectivity index (χ0n) is 11.3. The minimum absolute atomic E-state index is 0.0129. The quantitative estimate of drug-likeness (QED) is 0.750. The van der Waals surface area contributed by atoms with Gasteiger partial charge in [-0.2, -0.15) is 0 Å². The Morgan fingerprint density at radius 1 is 1.32 bits per heavy atom. The lowest BCUT2D eigenvalue weighted by Gasteiger charge is -2.23. The molecular formula is C12H20NO5P. The van der Waals surface area contributed by atoms with E-state index in [1.165, 1.54) is 19.2 Å². The maximum absolute atomic E-state index is 12.5. The van der Waals surface area contributed by atoms with Crippen molar-refractivity contribution in [2.75, 3.05) is 20.3 Å². The van der Waals surface area contributed by atoms with Gasteiger partial charge in [0, 0.05) is 0 Å². The van der Waals surface area contributed by atoms with Gasteiger partial charge in [-0.25, -0.2) is 0 Å². The van der Waals surface area contributed by atoms with Crippen LogP contribution in [0, 0.1) is 0 Å². The normalized spacial score (nSPS) is 13.3. The first kappa shape index (κ1) is 16.0. The number of aromatic hydroxyl groups is 1. The largest absolute Gasteiger partial charge is 0.504 e. The minimum Gasteiger partial charge on any atom is -0.504 e. The molecule has 1 rings (SSSR count). The molecule has 0 aliphatic carbocycles. The lowest BCUT2D eigenvalue weighted by atomic mass is 10.2. The summed E-state index contributed by atoms with van der Waals surface area (Å²) in [6.45, 7) is 3.91. The van der Waals surface area contributed by atoms with Crippen LogP contribution in [0.3, 0.4) is 0 Å². The van der Waals surface area contributed by atoms with Crippen LogP contribution in [0.4, 0.5) is 0 Å². The number of phenols is 1. The lowest BCUT2D eigenvalue weighted by molar-refractivity contribution is 0.212. The van der Waals surface area contributed by atoms with E-state index in [9.17, 15) is 9.67 Å². The van der Waals surface area contributed by atoms with Crippen LogP contribution in [0.5, 0.6) is 11.5 Å². The Kier molecular flexibility index (Phi) is 5.82. The summed E-state index contributed by atoms with van der Waals surface area (Å²) >= 11 is 0. The van der Waals surface area contributed by atoms with Gasteiger partial charge in [0.15, 0.2) is 11.5 Å². The smallest absolute Gasteiger partial charge is 0.351 e. The molecule has 3 N–H and O–H groups in total. The van der Waals surface area contributed by atoms with Crippen LogP contribution in [0.15, 0.2) is 18.2 Å². The molecule has 0 aromatic heterocycles. The molecule has 108 valence electrons. The maximum atomic E-state index is 12.5. The average molecular weight is 289 g/mol. The van der Waals surface area contributed by atoms with E-state index in [4.69, 9.17) is 19.5 Å². The molecule has 0 bridgehead atoms. The predicted octanol–water partition coefficient (Wildman–Crippen LogP) is 2.62. The maximum Gasteiger partial charge on any atom is 0.351 e. The van der Waals surface area contributed by atoms with Gasteiger partial charge < -0.3 is 24.6 Å². The summed E-state index contributed by atoms with van der Waals surface area (Å²) in [4.78, 5) is 0. The van der Waals surface area contributed by atoms with Gasteiger partial charge in [0.25, 0.3) is 0 Å². The molecule has 0 fully saturated rings. The van der Waals surface area contributed by atoms with Gasteiger partial charge in [0.05, 0.1) is 20.3 Å². The summed E-state index contributed by atoms with van der Waals surface area (Å²) < 4.78 is 27.9. The highest BCUT2D eigenvalue weighted by Crippen LogP contribution is 2.58. The molecule has 0 saturated carbocycles. The van der Waals surface area contributed by atoms with E-state index >= 15 is 0 Å². The van der Waals surface area contributed by atoms with Crippen LogP contribution < -0.4 is 10.5 Å². The standard InChI is InChI=1S/C12H20NO5P/c1-4-17-19(15,18-5-2)12(13)9-6-7-10(14)11(8-9)16-3/h6-8,12,14H,4-5,13H2,1-3H3/t12-/m0/s1. The zero-order valence-corrected chi connectivity index (χ0v) is 12.2. The first-order chi connectivity index (χ1) is 8.98. The highest BCUT2D eigenvalue weighted by atomic mass is 31.2. The third-order valence-corrected chi connectivity index (χ3v) is 4.72. The molecule has 6 nitrogen and oxygen atoms in total. The van der Waals surface area contributed by atoms with Crippen molar-refractivity contribution < 1.29 is 23.5 Å². The van der Waals surface area contributed by atoms with Crippen molar-refractivity contribution in [3.8, 4) is 11.5 Å². The molecule has 0 unspecified atom stereocenters. The highest BCUT2D eigenvalue weighted by Gasteiger charge is 2.34. The molecule has 7 heteroatoms. The molecule has 1 atom stereocenters. The van der Waals surface area contributed by atoms with E-state index in [0.717, 1.165) is 0 Å². The first-order valence-electron chi connectivity index (χ1n) is 5.99. The van der Waals surface area contributed by atoms with Gasteiger partial charge >= 0.3 is 7.60 Å². The van der Waals surface area contributed by atoms with Crippen molar-refractivity contribution in [2.45, 2.75) is 19.6 Å². The topological polar surface area (TPSA) is 91.0 Å². The second kappa shape index (κ2) is 6.91. The van der Waals surface area contributed by atoms with E-state index in [0.29, 0.717) is 5.56 Å². The average Bonchev–Trinajstić information content (AvgIpc) is 2.39. The van der Waals surface area contributed by atoms with Crippen LogP contribution in [-0.2, 0) is 13.6 Å². The van der Waals surface area contributed by atoms with Crippen molar-refractivity contribution >= 4 is 7.60 Å². The summed E-state index contributed by atoms with van der Waals surface area (Å²) in [7, 11) is -2.01. The Morgan fingerprint density at radius 2 is 1.89 bits per heavy atom. The highest BCUT2D eigenvalue weighted by molar-refractivity contribution is 7.54. The van der Waals surface area contributed by atoms with Crippen LogP contribution in [0.2, 0.25) is 0 Å². The second-order valence-electron chi connectivity index (χ2n) is 3.75. The van der Waals surface area contributed by atoms with E-state index < -0.39 is 13.4 Å². The second-order valence-corrected chi connectivity index (χ2v) is 5.90. The van der Waals surface area contributed by atoms with Gasteiger partial charge in [0.2, 0.25) is 0 Å². The molecule has 0 radical (unpaired) electrons. The van der Waals surface area contributed by atoms with Gasteiger partial charge in [-0.3, -0.25) is 4.57 Å². The third-order valence-electron chi connectivity index (χ3n) is 2.50. The monoisotopic (exact) mass is 289 g/mol. The first-order valence-corrected chi connectivity index (χ1v) is 7.61. The Morgan fingerprint density at radius 3 is 2.37 bits per heavy atom. The van der Waals surface area contributed by atoms with Gasteiger partial charge in [-0.15, -0.1) is 0 Å². The fraction of sp³-hybridized carbons (Fsp3) is 0.500. The zero-order chi connectivity index (χ0) is 14.5. The fourth-order valence-electron chi connectivity index (χ4n) is 1.62. The Hall–Kier alpha value is -1.07. The van der Waals surface area contributed by atoms with Crippen molar-refractivity contribution in [2.24, 2.45) is 5.73 Å². The molecule has 1 aromatic rings. The molecule has 0 saturated heterocycles. The summed E-state index contributed by atoms with van der Waals surface area (Å²) in [5.41, 5.74) is 6.48. The van der Waals surface area contributed by atoms with Crippen molar-refractivity contribution in [1.82, 2.24) is 0 Å². The van der Waals surface area contributed by atoms with E-state index in [2.05, 4.69) is 0 Å². The number of hydrogen-bond donors (Lipinski definition) is 2. The van der Waals surface area contributed by atoms with Crippen molar-refractivity contribution in [3.05, 3.63) is 23.8 Å². The number of rotatable bonds is 7. The molecule has 0 aliphatic rings. The number of phenolic OH excluding ortho intramolecular Hbond substituents is 1. The number of benzene rings is 1. The molecule has 1 aromatic carbocycles. The number of hydrogen-bond acceptors (Lipinski definition) is 6. The minimum atomic E-state index is -3.44. The molecule has 19 heavy (non-hydrogen) atoms. The van der Waals surface area contributed by atoms with Crippen LogP contribution in [-0.4, -0.2) is 25.4 Å². The number of ether oxygens (including phenoxy) is 1. The van der Waals surface area contributed by atoms with Crippen LogP contribution in [0.25, 0.3) is 0 Å². The lowest BCUT2D eigenvalue weighted by Crippen LogP contribution is -2.15. The molecule has 0 heterocycles. The fourth-order valence-corrected chi connectivity index (χ4v) is 3.26. The SMILES string of the molecule is CCOP(=O)(OCC)[C@H](N)c1ccc(O)c(OC)c1. The molecule has 0 spiro atoms. The van der Waals surface area contributed by atoms with Gasteiger partial charge in [-0.05, 0) is 31.5 Å². The van der Waals surface area contributed by atoms with E-state index in [-0.39, 0.29) is 24.7 Å². The van der Waals surface area contributed by atoms with Crippen LogP contribution >= 0.6 is 7.60 Å². The van der Waals surface area contributed by atoms with Gasteiger partial charge in [-0.1, -0.05) is 6.07 Å². The Bertz CT molecular complexity index is 455. The third kappa shape index (κ3) is 3.70. The summed E-state index contributed by atoms with van der Waals surface area (Å²) in [6, 6.07) is 4.51. The van der Waals surface area contributed by atoms with Crippen LogP contribution in [0.1, 0.15) is 25.2 Å². The Labute approximate surface area is 113 Å². The summed E-state index contributed by atoms with van der Waals surface area (Å²) in [5, 5.41) is 9.53. The summed E-state index contributed by atoms with van der Waals surface area (Å²) in [5.74, 6) is -0.685. The molecule has 0 aliphatic heterocycles. The molecule has 0 amide bonds. The molecular weight excluding hydrogens is 269 g/mol. The Balaban J connectivity index is 3.09. The summed E-state index contributed by atoms with van der Waals surface area (Å²) in [6.07, 6.45) is 0. The number of nitrogens with two attached hydrogens (primary N) is 1. The van der Waals surface area contributed by atoms with E-state index in [1.807, 2.05) is 0 Å². The predicted molar refractivity (Wildman–Crippen MR) is 72.4 cm³/mol. The van der Waals surface area contributed by atoms with Gasteiger partial charge in [0.1, 0.15) is 5.78 Å². The number of methoxy groups -OCH3 is 1.